The maximum Gasteiger partial charge on any atom is 0.410 e. The number of hydrogen-bond donors (Lipinski definition) is 5. The number of ether oxygens (including phenoxy) is 2. The summed E-state index contributed by atoms with van der Waals surface area (Å²) in [5.41, 5.74) is 8.36. The van der Waals surface area contributed by atoms with E-state index < -0.39 is 17.2 Å². The van der Waals surface area contributed by atoms with Gasteiger partial charge in [-0.05, 0) is 104 Å². The summed E-state index contributed by atoms with van der Waals surface area (Å²) in [5, 5.41) is 34.6. The number of piperidine rings is 2. The zero-order valence-electron chi connectivity index (χ0n) is 35.1. The summed E-state index contributed by atoms with van der Waals surface area (Å²) in [6.07, 6.45) is 5.95. The van der Waals surface area contributed by atoms with Gasteiger partial charge in [0.15, 0.2) is 22.9 Å². The molecule has 0 aliphatic carbocycles. The average Bonchev–Trinajstić information content (AvgIpc) is 4.04. The first kappa shape index (κ1) is 43.8. The van der Waals surface area contributed by atoms with Crippen molar-refractivity contribution in [1.82, 2.24) is 45.8 Å². The number of nitrogens with zero attached hydrogens (tertiary/aromatic N) is 6. The van der Waals surface area contributed by atoms with E-state index in [9.17, 15) is 19.2 Å². The van der Waals surface area contributed by atoms with Gasteiger partial charge in [0.1, 0.15) is 11.2 Å². The van der Waals surface area contributed by atoms with Crippen molar-refractivity contribution in [3.05, 3.63) is 72.3 Å². The maximum atomic E-state index is 12.6. The summed E-state index contributed by atoms with van der Waals surface area (Å²) in [4.78, 5) is 50.4. The van der Waals surface area contributed by atoms with E-state index in [1.54, 1.807) is 28.3 Å². The van der Waals surface area contributed by atoms with Gasteiger partial charge in [-0.25, -0.2) is 14.4 Å². The van der Waals surface area contributed by atoms with Gasteiger partial charge < -0.3 is 44.5 Å². The van der Waals surface area contributed by atoms with Gasteiger partial charge in [0.25, 0.3) is 5.91 Å². The van der Waals surface area contributed by atoms with Gasteiger partial charge in [-0.15, -0.1) is 0 Å². The van der Waals surface area contributed by atoms with Gasteiger partial charge in [0.2, 0.25) is 0 Å². The second-order valence-electron chi connectivity index (χ2n) is 16.8. The number of aromatic nitrogens is 6. The lowest BCUT2D eigenvalue weighted by atomic mass is 10.1. The first-order valence-electron chi connectivity index (χ1n) is 20.0. The highest BCUT2D eigenvalue weighted by Crippen LogP contribution is 2.26. The van der Waals surface area contributed by atoms with Crippen molar-refractivity contribution in [2.75, 3.05) is 26.2 Å². The molecule has 324 valence electrons. The molecule has 19 nitrogen and oxygen atoms in total. The normalized spacial score (nSPS) is 15.1. The number of nitrogens with two attached hydrogens (primary N) is 1. The highest BCUT2D eigenvalue weighted by Gasteiger charge is 2.29. The molecule has 4 aromatic heterocycles. The zero-order valence-corrected chi connectivity index (χ0v) is 35.1. The smallest absolute Gasteiger partial charge is 0.410 e. The summed E-state index contributed by atoms with van der Waals surface area (Å²) in [6.45, 7) is 13.7. The Morgan fingerprint density at radius 2 is 1.15 bits per heavy atom. The van der Waals surface area contributed by atoms with Gasteiger partial charge in [0.05, 0.1) is 23.4 Å². The van der Waals surface area contributed by atoms with Crippen LogP contribution in [0.25, 0.3) is 44.5 Å². The molecule has 0 spiro atoms. The van der Waals surface area contributed by atoms with E-state index in [0.717, 1.165) is 58.9 Å². The standard InChI is InChI=1S/C21H25N5O4.C11H7N3O3.C10H20N2O2/c1-21(2,3)29-20(28)26-8-6-15(7-9-26)23-19(27)17-11-18(30-25-17)13-4-5-16-14(10-13)12-22-24-16;15-11(16)9-4-10(17-14-9)6-1-2-8-7(3-6)5-12-13-8;1-10(2,3)14-9(13)12-6-4-8(11)5-7-12/h4-5,10-12,15H,6-9H2,1-3H3,(H,22,24)(H,23,27);1-5H,(H,12,13)(H,15,16);8H,4-7,11H2,1-3H3. The van der Waals surface area contributed by atoms with E-state index >= 15 is 0 Å². The lowest BCUT2D eigenvalue weighted by Crippen LogP contribution is -2.47. The van der Waals surface area contributed by atoms with Crippen molar-refractivity contribution < 1.29 is 42.8 Å². The molecule has 2 aliphatic rings. The molecule has 8 rings (SSSR count). The average molecular weight is 841 g/mol. The summed E-state index contributed by atoms with van der Waals surface area (Å²) in [5.74, 6) is -0.456. The van der Waals surface area contributed by atoms with Crippen LogP contribution in [-0.4, -0.2) is 119 Å². The van der Waals surface area contributed by atoms with E-state index in [1.165, 1.54) is 6.07 Å². The number of amides is 3. The molecule has 6 aromatic rings. The third kappa shape index (κ3) is 12.2. The first-order chi connectivity index (χ1) is 28.9. The van der Waals surface area contributed by atoms with Crippen LogP contribution >= 0.6 is 0 Å². The highest BCUT2D eigenvalue weighted by atomic mass is 16.6. The molecule has 6 heterocycles. The third-order valence-electron chi connectivity index (χ3n) is 9.59. The molecular formula is C42H52N10O9. The summed E-state index contributed by atoms with van der Waals surface area (Å²) >= 11 is 0. The van der Waals surface area contributed by atoms with Gasteiger partial charge in [0, 0.05) is 72.3 Å². The Bertz CT molecular complexity index is 2440. The van der Waals surface area contributed by atoms with Crippen molar-refractivity contribution in [3.63, 3.8) is 0 Å². The van der Waals surface area contributed by atoms with Crippen molar-refractivity contribution in [1.29, 1.82) is 0 Å². The molecule has 2 saturated heterocycles. The second-order valence-corrected chi connectivity index (χ2v) is 16.8. The van der Waals surface area contributed by atoms with Crippen LogP contribution in [0.15, 0.2) is 70.0 Å². The fourth-order valence-corrected chi connectivity index (χ4v) is 6.42. The number of carboxylic acid groups (broad SMARTS) is 1. The number of H-pyrrole nitrogens is 2. The molecule has 0 unspecified atom stereocenters. The van der Waals surface area contributed by atoms with Crippen LogP contribution in [0.1, 0.15) is 88.2 Å². The lowest BCUT2D eigenvalue weighted by Gasteiger charge is -2.33. The molecule has 6 N–H and O–H groups in total. The Hall–Kier alpha value is -6.76. The van der Waals surface area contributed by atoms with Crippen LogP contribution in [0.5, 0.6) is 0 Å². The predicted octanol–water partition coefficient (Wildman–Crippen LogP) is 6.61. The largest absolute Gasteiger partial charge is 0.476 e. The van der Waals surface area contributed by atoms with Crippen LogP contribution in [0, 0.1) is 0 Å². The summed E-state index contributed by atoms with van der Waals surface area (Å²) in [6, 6.07) is 14.5. The number of carbonyl (C=O) groups is 4. The van der Waals surface area contributed by atoms with Crippen molar-refractivity contribution in [2.45, 2.75) is 90.5 Å². The van der Waals surface area contributed by atoms with Crippen molar-refractivity contribution >= 4 is 45.9 Å². The third-order valence-corrected chi connectivity index (χ3v) is 9.59. The fraction of sp³-hybridized carbons (Fsp3) is 0.429. The maximum absolute atomic E-state index is 12.6. The number of nitrogens with one attached hydrogen (secondary N) is 3. The Morgan fingerprint density at radius 3 is 1.59 bits per heavy atom. The number of aromatic amines is 2. The summed E-state index contributed by atoms with van der Waals surface area (Å²) < 4.78 is 21.0. The van der Waals surface area contributed by atoms with E-state index in [2.05, 4.69) is 36.0 Å². The first-order valence-corrected chi connectivity index (χ1v) is 20.0. The minimum absolute atomic E-state index is 0.0291. The monoisotopic (exact) mass is 840 g/mol. The van der Waals surface area contributed by atoms with Gasteiger partial charge in [-0.1, -0.05) is 10.3 Å². The Labute approximate surface area is 351 Å². The van der Waals surface area contributed by atoms with Crippen LogP contribution in [-0.2, 0) is 9.47 Å². The Kier molecular flexibility index (Phi) is 13.4. The van der Waals surface area contributed by atoms with Crippen LogP contribution in [0.3, 0.4) is 0 Å². The zero-order chi connectivity index (χ0) is 43.9. The minimum Gasteiger partial charge on any atom is -0.476 e. The minimum atomic E-state index is -1.11. The molecule has 19 heteroatoms. The quantitative estimate of drug-likeness (QED) is 0.122. The van der Waals surface area contributed by atoms with Gasteiger partial charge in [-0.2, -0.15) is 10.2 Å². The number of hydrogen-bond acceptors (Lipinski definition) is 13. The molecule has 61 heavy (non-hydrogen) atoms. The highest BCUT2D eigenvalue weighted by molar-refractivity contribution is 5.94. The fourth-order valence-electron chi connectivity index (χ4n) is 6.42. The molecule has 0 radical (unpaired) electrons. The number of carbonyl (C=O) groups excluding carboxylic acids is 3. The second kappa shape index (κ2) is 18.7. The number of benzene rings is 2. The van der Waals surface area contributed by atoms with Crippen molar-refractivity contribution in [3.8, 4) is 22.6 Å². The molecular weight excluding hydrogens is 789 g/mol. The molecule has 2 aromatic carbocycles. The SMILES string of the molecule is CC(C)(C)OC(=O)N1CCC(N)CC1.CC(C)(C)OC(=O)N1CCC(NC(=O)c2cc(-c3ccc4[nH]ncc4c3)on2)CC1.O=C(O)c1cc(-c2ccc3[nH]ncc3c2)on1. The number of carboxylic acids is 1. The van der Waals surface area contributed by atoms with E-state index in [4.69, 9.17) is 29.4 Å². The topological polar surface area (TPSA) is 261 Å². The number of fused-ring (bicyclic) bond motifs is 2. The Balaban J connectivity index is 0.000000169. The van der Waals surface area contributed by atoms with Crippen LogP contribution < -0.4 is 11.1 Å². The molecule has 0 saturated carbocycles. The number of aromatic carboxylic acids is 1. The van der Waals surface area contributed by atoms with Crippen molar-refractivity contribution in [2.24, 2.45) is 5.73 Å². The number of likely N-dealkylation sites (tertiary alicyclic amines) is 2. The Morgan fingerprint density at radius 1 is 0.705 bits per heavy atom. The lowest BCUT2D eigenvalue weighted by molar-refractivity contribution is 0.0191. The van der Waals surface area contributed by atoms with Gasteiger partial charge >= 0.3 is 18.2 Å². The summed E-state index contributed by atoms with van der Waals surface area (Å²) in [7, 11) is 0. The molecule has 3 amide bonds. The van der Waals surface area contributed by atoms with Gasteiger partial charge in [-0.3, -0.25) is 15.0 Å². The molecule has 2 fully saturated rings. The molecule has 0 atom stereocenters. The van der Waals surface area contributed by atoms with Crippen LogP contribution in [0.4, 0.5) is 9.59 Å². The molecule has 0 bridgehead atoms. The number of rotatable bonds is 5. The van der Waals surface area contributed by atoms with E-state index in [1.807, 2.05) is 77.9 Å². The van der Waals surface area contributed by atoms with E-state index in [0.29, 0.717) is 37.5 Å². The predicted molar refractivity (Wildman–Crippen MR) is 223 cm³/mol. The van der Waals surface area contributed by atoms with E-state index in [-0.39, 0.29) is 41.6 Å². The van der Waals surface area contributed by atoms with Crippen LogP contribution in [0.2, 0.25) is 0 Å². The molecule has 2 aliphatic heterocycles.